The summed E-state index contributed by atoms with van der Waals surface area (Å²) in [6.07, 6.45) is 1.24. The van der Waals surface area contributed by atoms with E-state index in [1.54, 1.807) is 7.11 Å². The fourth-order valence-electron chi connectivity index (χ4n) is 4.07. The Morgan fingerprint density at radius 2 is 2.11 bits per heavy atom. The van der Waals surface area contributed by atoms with Crippen molar-refractivity contribution in [3.05, 3.63) is 46.3 Å². The highest BCUT2D eigenvalue weighted by Gasteiger charge is 2.41. The van der Waals surface area contributed by atoms with Crippen molar-refractivity contribution < 1.29 is 14.3 Å². The number of alkyl halides is 1. The van der Waals surface area contributed by atoms with Crippen LogP contribution in [-0.2, 0) is 4.79 Å². The molecule has 1 aliphatic heterocycles. The molecule has 1 heterocycles. The van der Waals surface area contributed by atoms with E-state index in [-0.39, 0.29) is 11.2 Å². The molecule has 0 saturated carbocycles. The number of ether oxygens (including phenoxy) is 2. The molecule has 0 aromatic heterocycles. The Hall–Kier alpha value is -2.26. The van der Waals surface area contributed by atoms with Gasteiger partial charge in [-0.25, -0.2) is 0 Å². The third-order valence-corrected chi connectivity index (χ3v) is 5.55. The lowest BCUT2D eigenvalue weighted by Crippen LogP contribution is -2.36. The molecule has 0 amide bonds. The van der Waals surface area contributed by atoms with Crippen molar-refractivity contribution in [1.82, 2.24) is 5.32 Å². The number of carbonyl (C=O) groups excluding carboxylic acids is 1. The second-order valence-electron chi connectivity index (χ2n) is 7.98. The number of rotatable bonds is 5. The van der Waals surface area contributed by atoms with E-state index in [0.29, 0.717) is 35.7 Å². The number of dihydropyridines is 1. The van der Waals surface area contributed by atoms with Crippen LogP contribution in [0.15, 0.2) is 40.7 Å². The number of allylic oxidation sites excluding steroid dienone is 4. The fourth-order valence-corrected chi connectivity index (χ4v) is 4.23. The van der Waals surface area contributed by atoms with Crippen LogP contribution in [0.1, 0.15) is 45.1 Å². The summed E-state index contributed by atoms with van der Waals surface area (Å²) in [5.74, 6) is 0.971. The molecule has 6 heteroatoms. The number of nitriles is 1. The molecule has 2 aliphatic rings. The van der Waals surface area contributed by atoms with E-state index in [9.17, 15) is 10.1 Å². The number of benzene rings is 1. The summed E-state index contributed by atoms with van der Waals surface area (Å²) in [7, 11) is 1.60. The van der Waals surface area contributed by atoms with Gasteiger partial charge >= 0.3 is 0 Å². The van der Waals surface area contributed by atoms with E-state index < -0.39 is 5.92 Å². The van der Waals surface area contributed by atoms with Crippen LogP contribution in [0.2, 0.25) is 0 Å². The molecule has 3 rings (SSSR count). The summed E-state index contributed by atoms with van der Waals surface area (Å²) in [5, 5.41) is 13.9. The number of carbonyl (C=O) groups is 1. The van der Waals surface area contributed by atoms with Gasteiger partial charge < -0.3 is 14.8 Å². The van der Waals surface area contributed by atoms with E-state index in [4.69, 9.17) is 9.47 Å². The molecule has 28 heavy (non-hydrogen) atoms. The minimum absolute atomic E-state index is 0.0886. The highest BCUT2D eigenvalue weighted by Crippen LogP contribution is 2.48. The van der Waals surface area contributed by atoms with Crippen molar-refractivity contribution in [2.75, 3.05) is 19.0 Å². The predicted octanol–water partition coefficient (Wildman–Crippen LogP) is 4.60. The summed E-state index contributed by atoms with van der Waals surface area (Å²) in [5.41, 5.74) is 3.66. The average molecular weight is 445 g/mol. The molecule has 1 aromatic carbocycles. The largest absolute Gasteiger partial charge is 0.496 e. The molecule has 148 valence electrons. The summed E-state index contributed by atoms with van der Waals surface area (Å²) >= 11 is 3.35. The van der Waals surface area contributed by atoms with E-state index in [1.807, 2.05) is 25.1 Å². The zero-order valence-electron chi connectivity index (χ0n) is 16.7. The van der Waals surface area contributed by atoms with Crippen LogP contribution in [0.25, 0.3) is 0 Å². The Balaban J connectivity index is 2.14. The Morgan fingerprint density at radius 3 is 2.75 bits per heavy atom. The first-order valence-electron chi connectivity index (χ1n) is 9.32. The Morgan fingerprint density at radius 1 is 1.36 bits per heavy atom. The fraction of sp³-hybridized carbons (Fsp3) is 0.455. The van der Waals surface area contributed by atoms with Gasteiger partial charge in [0.25, 0.3) is 0 Å². The number of hydrogen-bond donors (Lipinski definition) is 1. The normalized spacial score (nSPS) is 21.0. The van der Waals surface area contributed by atoms with Crippen LogP contribution >= 0.6 is 15.9 Å². The standard InChI is InChI=1S/C22H25BrN2O3/c1-13-16(12-24)20(21-17(25-13)10-22(2,3)11-18(21)26)15-6-5-14(28-8-7-23)9-19(15)27-4/h5-6,9,20,25H,7-8,10-11H2,1-4H3. The monoisotopic (exact) mass is 444 g/mol. The topological polar surface area (TPSA) is 71.3 Å². The summed E-state index contributed by atoms with van der Waals surface area (Å²) in [4.78, 5) is 13.1. The van der Waals surface area contributed by atoms with E-state index in [2.05, 4.69) is 41.2 Å². The molecule has 1 N–H and O–H groups in total. The highest BCUT2D eigenvalue weighted by atomic mass is 79.9. The van der Waals surface area contributed by atoms with Gasteiger partial charge in [0.15, 0.2) is 5.78 Å². The molecule has 5 nitrogen and oxygen atoms in total. The summed E-state index contributed by atoms with van der Waals surface area (Å²) in [6.45, 7) is 6.63. The molecule has 1 aromatic rings. The van der Waals surface area contributed by atoms with Gasteiger partial charge in [-0.2, -0.15) is 5.26 Å². The van der Waals surface area contributed by atoms with Gasteiger partial charge in [0.05, 0.1) is 31.3 Å². The first kappa shape index (κ1) is 20.5. The van der Waals surface area contributed by atoms with Crippen LogP contribution in [0, 0.1) is 16.7 Å². The average Bonchev–Trinajstić information content (AvgIpc) is 2.64. The molecular formula is C22H25BrN2O3. The number of hydrogen-bond acceptors (Lipinski definition) is 5. The predicted molar refractivity (Wildman–Crippen MR) is 112 cm³/mol. The van der Waals surface area contributed by atoms with Gasteiger partial charge in [0.2, 0.25) is 0 Å². The first-order chi connectivity index (χ1) is 13.3. The second-order valence-corrected chi connectivity index (χ2v) is 8.78. The van der Waals surface area contributed by atoms with Crippen LogP contribution in [0.5, 0.6) is 11.5 Å². The van der Waals surface area contributed by atoms with Gasteiger partial charge in [-0.05, 0) is 24.8 Å². The number of Topliss-reactive ketones (excluding diaryl/α,β-unsaturated/α-hetero) is 1. The van der Waals surface area contributed by atoms with E-state index in [1.165, 1.54) is 0 Å². The number of nitrogens with zero attached hydrogens (tertiary/aromatic N) is 1. The van der Waals surface area contributed by atoms with Gasteiger partial charge in [-0.15, -0.1) is 0 Å². The molecule has 1 aliphatic carbocycles. The van der Waals surface area contributed by atoms with Crippen molar-refractivity contribution in [2.24, 2.45) is 5.41 Å². The van der Waals surface area contributed by atoms with Gasteiger partial charge in [0.1, 0.15) is 11.5 Å². The number of ketones is 1. The van der Waals surface area contributed by atoms with E-state index in [0.717, 1.165) is 28.7 Å². The molecular weight excluding hydrogens is 420 g/mol. The second kappa shape index (κ2) is 8.00. The lowest BCUT2D eigenvalue weighted by molar-refractivity contribution is -0.118. The molecule has 1 unspecified atom stereocenters. The number of nitrogens with one attached hydrogen (secondary N) is 1. The van der Waals surface area contributed by atoms with E-state index >= 15 is 0 Å². The molecule has 0 fully saturated rings. The third-order valence-electron chi connectivity index (χ3n) is 5.22. The zero-order chi connectivity index (χ0) is 20.5. The minimum Gasteiger partial charge on any atom is -0.496 e. The SMILES string of the molecule is COc1cc(OCCBr)ccc1C1C(C#N)=C(C)NC2=C1C(=O)CC(C)(C)C2. The zero-order valence-corrected chi connectivity index (χ0v) is 18.3. The van der Waals surface area contributed by atoms with Crippen molar-refractivity contribution in [3.63, 3.8) is 0 Å². The van der Waals surface area contributed by atoms with Crippen LogP contribution in [0.4, 0.5) is 0 Å². The Labute approximate surface area is 174 Å². The maximum atomic E-state index is 13.1. The highest BCUT2D eigenvalue weighted by molar-refractivity contribution is 9.09. The van der Waals surface area contributed by atoms with Crippen molar-refractivity contribution in [3.8, 4) is 17.6 Å². The summed E-state index contributed by atoms with van der Waals surface area (Å²) < 4.78 is 11.3. The van der Waals surface area contributed by atoms with Crippen molar-refractivity contribution in [1.29, 1.82) is 5.26 Å². The number of halogens is 1. The Kier molecular flexibility index (Phi) is 5.85. The quantitative estimate of drug-likeness (QED) is 0.671. The summed E-state index contributed by atoms with van der Waals surface area (Å²) in [6, 6.07) is 7.90. The molecule has 0 saturated heterocycles. The first-order valence-corrected chi connectivity index (χ1v) is 10.4. The van der Waals surface area contributed by atoms with Gasteiger partial charge in [0, 0.05) is 40.3 Å². The van der Waals surface area contributed by atoms with Crippen molar-refractivity contribution in [2.45, 2.75) is 39.5 Å². The van der Waals surface area contributed by atoms with Gasteiger partial charge in [-0.1, -0.05) is 35.8 Å². The Bertz CT molecular complexity index is 909. The molecule has 0 radical (unpaired) electrons. The third kappa shape index (κ3) is 3.81. The van der Waals surface area contributed by atoms with Crippen LogP contribution < -0.4 is 14.8 Å². The maximum Gasteiger partial charge on any atom is 0.162 e. The lowest BCUT2D eigenvalue weighted by atomic mass is 9.68. The smallest absolute Gasteiger partial charge is 0.162 e. The molecule has 0 bridgehead atoms. The van der Waals surface area contributed by atoms with Crippen LogP contribution in [0.3, 0.4) is 0 Å². The molecule has 0 spiro atoms. The van der Waals surface area contributed by atoms with Crippen molar-refractivity contribution >= 4 is 21.7 Å². The minimum atomic E-state index is -0.426. The van der Waals surface area contributed by atoms with Crippen LogP contribution in [-0.4, -0.2) is 24.8 Å². The van der Waals surface area contributed by atoms with Gasteiger partial charge in [-0.3, -0.25) is 4.79 Å². The molecule has 1 atom stereocenters. The number of methoxy groups -OCH3 is 1. The maximum absolute atomic E-state index is 13.1. The lowest BCUT2D eigenvalue weighted by Gasteiger charge is -2.39.